The summed E-state index contributed by atoms with van der Waals surface area (Å²) in [4.78, 5) is 22.3. The number of nitrogens with one attached hydrogen (secondary N) is 1. The summed E-state index contributed by atoms with van der Waals surface area (Å²) in [6.45, 7) is 3.71. The summed E-state index contributed by atoms with van der Waals surface area (Å²) in [5.74, 6) is -1.73. The number of sulfonamides is 1. The second-order valence-electron chi connectivity index (χ2n) is 5.16. The lowest BCUT2D eigenvalue weighted by Gasteiger charge is -2.18. The average Bonchev–Trinajstić information content (AvgIpc) is 2.45. The number of carbonyl (C=O) groups is 2. The number of rotatable bonds is 7. The fourth-order valence-corrected chi connectivity index (χ4v) is 3.04. The minimum atomic E-state index is -3.95. The van der Waals surface area contributed by atoms with Gasteiger partial charge in [0.2, 0.25) is 10.0 Å². The third kappa shape index (κ3) is 4.81. The van der Waals surface area contributed by atoms with Crippen molar-refractivity contribution < 1.29 is 27.9 Å². The number of esters is 1. The van der Waals surface area contributed by atoms with Crippen molar-refractivity contribution in [1.82, 2.24) is 4.72 Å². The molecular weight excluding hydrogens is 310 g/mol. The monoisotopic (exact) mass is 329 g/mol. The van der Waals surface area contributed by atoms with Crippen LogP contribution in [0.5, 0.6) is 0 Å². The zero-order chi connectivity index (χ0) is 16.9. The summed E-state index contributed by atoms with van der Waals surface area (Å²) < 4.78 is 31.4. The fraction of sp³-hybridized carbons (Fsp3) is 0.429. The number of carbonyl (C=O) groups excluding carboxylic acids is 1. The van der Waals surface area contributed by atoms with Crippen LogP contribution >= 0.6 is 0 Å². The molecule has 0 unspecified atom stereocenters. The molecule has 0 aromatic heterocycles. The number of ether oxygens (including phenoxy) is 1. The molecule has 7 nitrogen and oxygen atoms in total. The van der Waals surface area contributed by atoms with Crippen molar-refractivity contribution in [3.8, 4) is 0 Å². The van der Waals surface area contributed by atoms with Gasteiger partial charge in [-0.25, -0.2) is 13.2 Å². The molecule has 122 valence electrons. The molecule has 0 aliphatic rings. The number of carboxylic acids is 1. The van der Waals surface area contributed by atoms with Gasteiger partial charge in [0.15, 0.2) is 0 Å². The zero-order valence-corrected chi connectivity index (χ0v) is 13.4. The van der Waals surface area contributed by atoms with E-state index in [0.717, 1.165) is 0 Å². The summed E-state index contributed by atoms with van der Waals surface area (Å²) >= 11 is 0. The molecule has 22 heavy (non-hydrogen) atoms. The molecule has 0 aliphatic heterocycles. The van der Waals surface area contributed by atoms with Gasteiger partial charge in [-0.2, -0.15) is 4.72 Å². The molecule has 0 bridgehead atoms. The van der Waals surface area contributed by atoms with Crippen molar-refractivity contribution >= 4 is 22.0 Å². The van der Waals surface area contributed by atoms with Gasteiger partial charge in [-0.15, -0.1) is 0 Å². The zero-order valence-electron chi connectivity index (χ0n) is 12.6. The first-order valence-electron chi connectivity index (χ1n) is 6.61. The standard InChI is InChI=1S/C14H19NO6S/c1-9(2)8-12(14(18)21-3)15-22(19,20)11-6-4-10(5-7-11)13(16)17/h4-7,9,12,15H,8H2,1-3H3,(H,16,17)/t12-/m1/s1. The van der Waals surface area contributed by atoms with Gasteiger partial charge >= 0.3 is 11.9 Å². The Kier molecular flexibility index (Phi) is 6.07. The molecule has 0 aliphatic carbocycles. The van der Waals surface area contributed by atoms with E-state index in [0.29, 0.717) is 6.42 Å². The second kappa shape index (κ2) is 7.37. The quantitative estimate of drug-likeness (QED) is 0.729. The van der Waals surface area contributed by atoms with E-state index in [1.807, 2.05) is 13.8 Å². The van der Waals surface area contributed by atoms with Gasteiger partial charge in [-0.1, -0.05) is 13.8 Å². The van der Waals surface area contributed by atoms with Crippen LogP contribution in [-0.4, -0.2) is 38.6 Å². The number of hydrogen-bond acceptors (Lipinski definition) is 5. The van der Waals surface area contributed by atoms with Gasteiger partial charge in [0.05, 0.1) is 17.6 Å². The highest BCUT2D eigenvalue weighted by atomic mass is 32.2. The van der Waals surface area contributed by atoms with E-state index < -0.39 is 28.0 Å². The van der Waals surface area contributed by atoms with Crippen molar-refractivity contribution in [2.45, 2.75) is 31.2 Å². The van der Waals surface area contributed by atoms with Crippen molar-refractivity contribution in [1.29, 1.82) is 0 Å². The molecule has 0 radical (unpaired) electrons. The highest BCUT2D eigenvalue weighted by Gasteiger charge is 2.27. The van der Waals surface area contributed by atoms with E-state index >= 15 is 0 Å². The van der Waals surface area contributed by atoms with Crippen LogP contribution in [0, 0.1) is 5.92 Å². The summed E-state index contributed by atoms with van der Waals surface area (Å²) in [6, 6.07) is 3.73. The van der Waals surface area contributed by atoms with Gasteiger partial charge in [-0.05, 0) is 36.6 Å². The van der Waals surface area contributed by atoms with E-state index in [2.05, 4.69) is 9.46 Å². The molecule has 8 heteroatoms. The van der Waals surface area contributed by atoms with E-state index in [1.54, 1.807) is 0 Å². The van der Waals surface area contributed by atoms with Gasteiger partial charge in [0.25, 0.3) is 0 Å². The van der Waals surface area contributed by atoms with Crippen LogP contribution in [0.4, 0.5) is 0 Å². The van der Waals surface area contributed by atoms with E-state index in [4.69, 9.17) is 5.11 Å². The van der Waals surface area contributed by atoms with Gasteiger partial charge in [-0.3, -0.25) is 4.79 Å². The molecule has 0 fully saturated rings. The number of hydrogen-bond donors (Lipinski definition) is 2. The molecule has 0 amide bonds. The summed E-state index contributed by atoms with van der Waals surface area (Å²) in [5, 5.41) is 8.80. The lowest BCUT2D eigenvalue weighted by Crippen LogP contribution is -2.42. The maximum absolute atomic E-state index is 12.3. The Morgan fingerprint density at radius 2 is 1.77 bits per heavy atom. The van der Waals surface area contributed by atoms with Crippen molar-refractivity contribution in [2.24, 2.45) is 5.92 Å². The van der Waals surface area contributed by atoms with Crippen LogP contribution in [0.25, 0.3) is 0 Å². The molecule has 0 saturated heterocycles. The van der Waals surface area contributed by atoms with Crippen LogP contribution in [0.2, 0.25) is 0 Å². The van der Waals surface area contributed by atoms with Gasteiger partial charge < -0.3 is 9.84 Å². The maximum atomic E-state index is 12.3. The van der Waals surface area contributed by atoms with Crippen molar-refractivity contribution in [3.05, 3.63) is 29.8 Å². The Hall–Kier alpha value is -1.93. The Balaban J connectivity index is 3.01. The average molecular weight is 329 g/mol. The lowest BCUT2D eigenvalue weighted by atomic mass is 10.1. The number of benzene rings is 1. The van der Waals surface area contributed by atoms with Gasteiger partial charge in [0, 0.05) is 0 Å². The van der Waals surface area contributed by atoms with Crippen LogP contribution in [-0.2, 0) is 19.6 Å². The SMILES string of the molecule is COC(=O)[C@@H](CC(C)C)NS(=O)(=O)c1ccc(C(=O)O)cc1. The number of carboxylic acid groups (broad SMARTS) is 1. The van der Waals surface area contributed by atoms with Crippen LogP contribution in [0.3, 0.4) is 0 Å². The molecule has 2 N–H and O–H groups in total. The minimum absolute atomic E-state index is 0.0225. The second-order valence-corrected chi connectivity index (χ2v) is 6.87. The predicted molar refractivity (Wildman–Crippen MR) is 79.0 cm³/mol. The van der Waals surface area contributed by atoms with Crippen LogP contribution in [0.1, 0.15) is 30.6 Å². The van der Waals surface area contributed by atoms with Crippen molar-refractivity contribution in [2.75, 3.05) is 7.11 Å². The molecule has 1 atom stereocenters. The Morgan fingerprint density at radius 1 is 1.23 bits per heavy atom. The molecular formula is C14H19NO6S. The number of aromatic carboxylic acids is 1. The normalized spacial score (nSPS) is 12.9. The maximum Gasteiger partial charge on any atom is 0.335 e. The summed E-state index contributed by atoms with van der Waals surface area (Å²) in [6.07, 6.45) is 0.291. The first-order chi connectivity index (χ1) is 10.2. The molecule has 0 spiro atoms. The lowest BCUT2D eigenvalue weighted by molar-refractivity contribution is -0.143. The molecule has 1 aromatic carbocycles. The van der Waals surface area contributed by atoms with Crippen molar-refractivity contribution in [3.63, 3.8) is 0 Å². The Bertz CT molecular complexity index is 636. The largest absolute Gasteiger partial charge is 0.478 e. The Labute approximate surface area is 129 Å². The molecule has 0 saturated carbocycles. The molecule has 1 aromatic rings. The molecule has 1 rings (SSSR count). The highest BCUT2D eigenvalue weighted by Crippen LogP contribution is 2.14. The number of methoxy groups -OCH3 is 1. The van der Waals surface area contributed by atoms with Crippen LogP contribution < -0.4 is 4.72 Å². The predicted octanol–water partition coefficient (Wildman–Crippen LogP) is 1.25. The minimum Gasteiger partial charge on any atom is -0.478 e. The van der Waals surface area contributed by atoms with E-state index in [1.165, 1.54) is 31.4 Å². The fourth-order valence-electron chi connectivity index (χ4n) is 1.84. The van der Waals surface area contributed by atoms with Crippen LogP contribution in [0.15, 0.2) is 29.2 Å². The van der Waals surface area contributed by atoms with Gasteiger partial charge in [0.1, 0.15) is 6.04 Å². The third-order valence-electron chi connectivity index (χ3n) is 2.90. The highest BCUT2D eigenvalue weighted by molar-refractivity contribution is 7.89. The molecule has 0 heterocycles. The Morgan fingerprint density at radius 3 is 2.18 bits per heavy atom. The van der Waals surface area contributed by atoms with E-state index in [9.17, 15) is 18.0 Å². The summed E-state index contributed by atoms with van der Waals surface area (Å²) in [5.41, 5.74) is -0.0225. The first-order valence-corrected chi connectivity index (χ1v) is 8.09. The van der Waals surface area contributed by atoms with E-state index in [-0.39, 0.29) is 16.4 Å². The first kappa shape index (κ1) is 18.1. The smallest absolute Gasteiger partial charge is 0.335 e. The third-order valence-corrected chi connectivity index (χ3v) is 4.39. The topological polar surface area (TPSA) is 110 Å². The summed E-state index contributed by atoms with van der Waals surface area (Å²) in [7, 11) is -2.76.